The summed E-state index contributed by atoms with van der Waals surface area (Å²) in [6, 6.07) is 4.34. The Bertz CT molecular complexity index is 351. The van der Waals surface area contributed by atoms with Crippen molar-refractivity contribution in [2.24, 2.45) is 0 Å². The lowest BCUT2D eigenvalue weighted by Gasteiger charge is -2.37. The fourth-order valence-electron chi connectivity index (χ4n) is 2.80. The first-order valence-electron chi connectivity index (χ1n) is 7.93. The molecular weight excluding hydrogens is 252 g/mol. The Morgan fingerprint density at radius 1 is 1.40 bits per heavy atom. The van der Waals surface area contributed by atoms with Gasteiger partial charge in [-0.1, -0.05) is 13.8 Å². The molecule has 0 saturated carbocycles. The predicted octanol–water partition coefficient (Wildman–Crippen LogP) is 2.30. The summed E-state index contributed by atoms with van der Waals surface area (Å²) < 4.78 is 11.5. The average molecular weight is 280 g/mol. The number of morpholine rings is 1. The molecule has 4 heteroatoms. The first-order chi connectivity index (χ1) is 9.83. The van der Waals surface area contributed by atoms with Gasteiger partial charge in [0.25, 0.3) is 0 Å². The zero-order valence-corrected chi connectivity index (χ0v) is 12.8. The number of furan rings is 1. The van der Waals surface area contributed by atoms with Crippen molar-refractivity contribution in [3.63, 3.8) is 0 Å². The molecule has 2 rings (SSSR count). The van der Waals surface area contributed by atoms with Crippen LogP contribution in [-0.4, -0.2) is 49.8 Å². The first kappa shape index (κ1) is 15.5. The van der Waals surface area contributed by atoms with Crippen molar-refractivity contribution < 1.29 is 9.15 Å². The Hall–Kier alpha value is -0.840. The van der Waals surface area contributed by atoms with E-state index >= 15 is 0 Å². The molecular formula is C16H28N2O2. The maximum absolute atomic E-state index is 6.02. The molecule has 0 aromatic carbocycles. The standard InChI is InChI=1S/C16H28N2O2/c1-3-7-17-15(12-14-6-5-10-19-14)16-13-18(8-4-2)9-11-20-16/h5-6,10,15-17H,3-4,7-9,11-13H2,1-2H3. The molecule has 4 nitrogen and oxygen atoms in total. The van der Waals surface area contributed by atoms with Gasteiger partial charge in [0.2, 0.25) is 0 Å². The minimum atomic E-state index is 0.256. The highest BCUT2D eigenvalue weighted by molar-refractivity contribution is 5.02. The van der Waals surface area contributed by atoms with Crippen LogP contribution >= 0.6 is 0 Å². The summed E-state index contributed by atoms with van der Waals surface area (Å²) in [6.07, 6.45) is 5.25. The summed E-state index contributed by atoms with van der Waals surface area (Å²) in [5.41, 5.74) is 0. The predicted molar refractivity (Wildman–Crippen MR) is 81.0 cm³/mol. The molecule has 20 heavy (non-hydrogen) atoms. The first-order valence-corrected chi connectivity index (χ1v) is 7.93. The summed E-state index contributed by atoms with van der Waals surface area (Å²) in [4.78, 5) is 2.51. The topological polar surface area (TPSA) is 37.6 Å². The van der Waals surface area contributed by atoms with Gasteiger partial charge in [-0.15, -0.1) is 0 Å². The van der Waals surface area contributed by atoms with E-state index in [9.17, 15) is 0 Å². The second-order valence-corrected chi connectivity index (χ2v) is 5.55. The van der Waals surface area contributed by atoms with Crippen molar-refractivity contribution in [3.8, 4) is 0 Å². The molecule has 1 N–H and O–H groups in total. The molecule has 1 aliphatic heterocycles. The summed E-state index contributed by atoms with van der Waals surface area (Å²) in [5.74, 6) is 1.04. The van der Waals surface area contributed by atoms with E-state index in [1.165, 1.54) is 13.0 Å². The molecule has 0 spiro atoms. The molecule has 2 atom stereocenters. The van der Waals surface area contributed by atoms with E-state index in [4.69, 9.17) is 9.15 Å². The van der Waals surface area contributed by atoms with Gasteiger partial charge in [0.05, 0.1) is 19.0 Å². The van der Waals surface area contributed by atoms with Crippen LogP contribution in [0.15, 0.2) is 22.8 Å². The molecule has 2 unspecified atom stereocenters. The maximum atomic E-state index is 6.02. The number of hydrogen-bond acceptors (Lipinski definition) is 4. The Morgan fingerprint density at radius 2 is 2.30 bits per heavy atom. The quantitative estimate of drug-likeness (QED) is 0.793. The highest BCUT2D eigenvalue weighted by Gasteiger charge is 2.28. The van der Waals surface area contributed by atoms with E-state index in [2.05, 4.69) is 24.1 Å². The third kappa shape index (κ3) is 4.62. The SMILES string of the molecule is CCCNC(Cc1ccco1)C1CN(CCC)CCO1. The van der Waals surface area contributed by atoms with Gasteiger partial charge in [0.15, 0.2) is 0 Å². The van der Waals surface area contributed by atoms with E-state index in [-0.39, 0.29) is 6.10 Å². The minimum Gasteiger partial charge on any atom is -0.469 e. The van der Waals surface area contributed by atoms with Gasteiger partial charge < -0.3 is 14.5 Å². The van der Waals surface area contributed by atoms with Gasteiger partial charge in [-0.2, -0.15) is 0 Å². The van der Waals surface area contributed by atoms with Crippen molar-refractivity contribution in [2.45, 2.75) is 45.3 Å². The zero-order chi connectivity index (χ0) is 14.2. The van der Waals surface area contributed by atoms with Gasteiger partial charge in [-0.3, -0.25) is 4.90 Å². The van der Waals surface area contributed by atoms with E-state index in [0.717, 1.165) is 44.8 Å². The normalized spacial score (nSPS) is 22.0. The number of ether oxygens (including phenoxy) is 1. The Labute approximate surface area is 122 Å². The second-order valence-electron chi connectivity index (χ2n) is 5.55. The Morgan fingerprint density at radius 3 is 3.00 bits per heavy atom. The fourth-order valence-corrected chi connectivity index (χ4v) is 2.80. The molecule has 1 aliphatic rings. The Kier molecular flexibility index (Phi) is 6.57. The third-order valence-electron chi connectivity index (χ3n) is 3.82. The molecule has 1 saturated heterocycles. The highest BCUT2D eigenvalue weighted by Crippen LogP contribution is 2.14. The lowest BCUT2D eigenvalue weighted by molar-refractivity contribution is -0.0468. The molecule has 0 amide bonds. The van der Waals surface area contributed by atoms with Crippen molar-refractivity contribution in [1.29, 1.82) is 0 Å². The van der Waals surface area contributed by atoms with E-state index in [1.54, 1.807) is 6.26 Å². The summed E-state index contributed by atoms with van der Waals surface area (Å²) >= 11 is 0. The molecule has 1 aromatic heterocycles. The van der Waals surface area contributed by atoms with Gasteiger partial charge >= 0.3 is 0 Å². The zero-order valence-electron chi connectivity index (χ0n) is 12.8. The molecule has 114 valence electrons. The smallest absolute Gasteiger partial charge is 0.105 e. The summed E-state index contributed by atoms with van der Waals surface area (Å²) in [7, 11) is 0. The summed E-state index contributed by atoms with van der Waals surface area (Å²) in [6.45, 7) is 9.55. The van der Waals surface area contributed by atoms with Crippen LogP contribution in [0.3, 0.4) is 0 Å². The number of rotatable bonds is 8. The van der Waals surface area contributed by atoms with Crippen LogP contribution in [0, 0.1) is 0 Å². The molecule has 0 aliphatic carbocycles. The highest BCUT2D eigenvalue weighted by atomic mass is 16.5. The number of hydrogen-bond donors (Lipinski definition) is 1. The number of nitrogens with zero attached hydrogens (tertiary/aromatic N) is 1. The fraction of sp³-hybridized carbons (Fsp3) is 0.750. The number of nitrogens with one attached hydrogen (secondary N) is 1. The van der Waals surface area contributed by atoms with E-state index in [0.29, 0.717) is 6.04 Å². The lowest BCUT2D eigenvalue weighted by atomic mass is 10.0. The van der Waals surface area contributed by atoms with Crippen LogP contribution in [0.25, 0.3) is 0 Å². The van der Waals surface area contributed by atoms with Crippen LogP contribution in [0.1, 0.15) is 32.4 Å². The van der Waals surface area contributed by atoms with Crippen molar-refractivity contribution in [2.75, 3.05) is 32.8 Å². The van der Waals surface area contributed by atoms with Gasteiger partial charge in [-0.05, 0) is 38.1 Å². The largest absolute Gasteiger partial charge is 0.469 e. The minimum absolute atomic E-state index is 0.256. The van der Waals surface area contributed by atoms with Gasteiger partial charge in [0.1, 0.15) is 5.76 Å². The van der Waals surface area contributed by atoms with E-state index < -0.39 is 0 Å². The second kappa shape index (κ2) is 8.45. The molecule has 0 bridgehead atoms. The summed E-state index contributed by atoms with van der Waals surface area (Å²) in [5, 5.41) is 3.63. The van der Waals surface area contributed by atoms with Gasteiger partial charge in [-0.25, -0.2) is 0 Å². The Balaban J connectivity index is 1.93. The van der Waals surface area contributed by atoms with Crippen LogP contribution < -0.4 is 5.32 Å². The lowest BCUT2D eigenvalue weighted by Crippen LogP contribution is -2.53. The van der Waals surface area contributed by atoms with Gasteiger partial charge in [0, 0.05) is 25.6 Å². The molecule has 1 aromatic rings. The molecule has 2 heterocycles. The molecule has 1 fully saturated rings. The van der Waals surface area contributed by atoms with Crippen LogP contribution in [0.4, 0.5) is 0 Å². The third-order valence-corrected chi connectivity index (χ3v) is 3.82. The van der Waals surface area contributed by atoms with Crippen molar-refractivity contribution in [1.82, 2.24) is 10.2 Å². The van der Waals surface area contributed by atoms with E-state index in [1.807, 2.05) is 12.1 Å². The van der Waals surface area contributed by atoms with Crippen molar-refractivity contribution >= 4 is 0 Å². The maximum Gasteiger partial charge on any atom is 0.105 e. The average Bonchev–Trinajstić information content (AvgIpc) is 2.97. The van der Waals surface area contributed by atoms with Crippen molar-refractivity contribution in [3.05, 3.63) is 24.2 Å². The monoisotopic (exact) mass is 280 g/mol. The van der Waals surface area contributed by atoms with Crippen LogP contribution in [-0.2, 0) is 11.2 Å². The van der Waals surface area contributed by atoms with Crippen LogP contribution in [0.5, 0.6) is 0 Å². The van der Waals surface area contributed by atoms with Crippen LogP contribution in [0.2, 0.25) is 0 Å². The molecule has 0 radical (unpaired) electrons.